The van der Waals surface area contributed by atoms with E-state index in [-0.39, 0.29) is 6.04 Å². The summed E-state index contributed by atoms with van der Waals surface area (Å²) in [7, 11) is 0. The maximum Gasteiger partial charge on any atom is 0.134 e. The average molecular weight is 259 g/mol. The summed E-state index contributed by atoms with van der Waals surface area (Å²) in [5, 5.41) is 15.1. The molecule has 2 N–H and O–H groups in total. The van der Waals surface area contributed by atoms with Crippen molar-refractivity contribution in [3.8, 4) is 0 Å². The molecule has 1 aliphatic heterocycles. The Kier molecular flexibility index (Phi) is 3.58. The maximum atomic E-state index is 10.6. The number of rotatable bonds is 3. The first-order chi connectivity index (χ1) is 9.29. The predicted octanol–water partition coefficient (Wildman–Crippen LogP) is 3.24. The van der Waals surface area contributed by atoms with E-state index in [1.165, 1.54) is 12.8 Å². The summed E-state index contributed by atoms with van der Waals surface area (Å²) in [6.45, 7) is 3.22. The number of benzene rings is 1. The summed E-state index contributed by atoms with van der Waals surface area (Å²) in [6, 6.07) is 8.02. The van der Waals surface area contributed by atoms with Crippen molar-refractivity contribution in [3.63, 3.8) is 0 Å². The number of aliphatic hydroxyl groups excluding tert-OH is 1. The van der Waals surface area contributed by atoms with Gasteiger partial charge in [0.1, 0.15) is 5.58 Å². The first kappa shape index (κ1) is 12.7. The topological polar surface area (TPSA) is 45.4 Å². The molecule has 2 aromatic rings. The summed E-state index contributed by atoms with van der Waals surface area (Å²) in [5.41, 5.74) is 1.75. The Morgan fingerprint density at radius 3 is 3.11 bits per heavy atom. The second-order valence-electron chi connectivity index (χ2n) is 5.49. The van der Waals surface area contributed by atoms with Crippen LogP contribution < -0.4 is 5.32 Å². The minimum absolute atomic E-state index is 0.139. The molecule has 0 saturated carbocycles. The number of aliphatic hydroxyl groups is 1. The maximum absolute atomic E-state index is 10.6. The molecule has 3 nitrogen and oxygen atoms in total. The summed E-state index contributed by atoms with van der Waals surface area (Å²) >= 11 is 0. The molecule has 0 radical (unpaired) electrons. The van der Waals surface area contributed by atoms with Crippen molar-refractivity contribution < 1.29 is 9.52 Å². The van der Waals surface area contributed by atoms with Crippen LogP contribution in [0.5, 0.6) is 0 Å². The van der Waals surface area contributed by atoms with Crippen LogP contribution in [0.4, 0.5) is 0 Å². The highest BCUT2D eigenvalue weighted by Crippen LogP contribution is 2.32. The van der Waals surface area contributed by atoms with E-state index in [2.05, 4.69) is 12.2 Å². The van der Waals surface area contributed by atoms with Crippen molar-refractivity contribution in [1.82, 2.24) is 5.32 Å². The van der Waals surface area contributed by atoms with Crippen molar-refractivity contribution >= 4 is 11.0 Å². The van der Waals surface area contributed by atoms with Gasteiger partial charge >= 0.3 is 0 Å². The third kappa shape index (κ3) is 2.40. The molecule has 1 saturated heterocycles. The van der Waals surface area contributed by atoms with Crippen LogP contribution in [0.25, 0.3) is 11.0 Å². The average Bonchev–Trinajstić information content (AvgIpc) is 2.90. The molecule has 3 unspecified atom stereocenters. The van der Waals surface area contributed by atoms with Gasteiger partial charge in [0.15, 0.2) is 0 Å². The van der Waals surface area contributed by atoms with Crippen LogP contribution in [0.1, 0.15) is 37.9 Å². The lowest BCUT2D eigenvalue weighted by atomic mass is 9.86. The Balaban J connectivity index is 1.85. The zero-order valence-electron chi connectivity index (χ0n) is 11.3. The molecule has 3 heteroatoms. The fourth-order valence-electron chi connectivity index (χ4n) is 3.09. The van der Waals surface area contributed by atoms with Gasteiger partial charge in [0.2, 0.25) is 0 Å². The molecule has 0 aliphatic carbocycles. The molecule has 1 aromatic carbocycles. The molecule has 0 spiro atoms. The van der Waals surface area contributed by atoms with E-state index >= 15 is 0 Å². The van der Waals surface area contributed by atoms with Crippen molar-refractivity contribution in [3.05, 3.63) is 36.1 Å². The quantitative estimate of drug-likeness (QED) is 0.889. The molecule has 19 heavy (non-hydrogen) atoms. The zero-order valence-corrected chi connectivity index (χ0v) is 11.3. The number of fused-ring (bicyclic) bond motifs is 1. The summed E-state index contributed by atoms with van der Waals surface area (Å²) in [5.74, 6) is 0.721. The van der Waals surface area contributed by atoms with Gasteiger partial charge in [-0.15, -0.1) is 0 Å². The number of hydrogen-bond donors (Lipinski definition) is 2. The fourth-order valence-corrected chi connectivity index (χ4v) is 3.09. The van der Waals surface area contributed by atoms with E-state index in [9.17, 15) is 5.11 Å². The highest BCUT2D eigenvalue weighted by atomic mass is 16.3. The second kappa shape index (κ2) is 5.35. The van der Waals surface area contributed by atoms with Crippen LogP contribution in [-0.4, -0.2) is 17.7 Å². The van der Waals surface area contributed by atoms with Crippen LogP contribution in [0, 0.1) is 5.92 Å². The van der Waals surface area contributed by atoms with E-state index in [0.29, 0.717) is 0 Å². The first-order valence-electron chi connectivity index (χ1n) is 7.17. The van der Waals surface area contributed by atoms with Crippen LogP contribution >= 0.6 is 0 Å². The number of hydrogen-bond acceptors (Lipinski definition) is 3. The van der Waals surface area contributed by atoms with E-state index in [4.69, 9.17) is 4.42 Å². The SMILES string of the molecule is CCC1CCNC(C(O)c2coc3ccccc23)C1. The largest absolute Gasteiger partial charge is 0.464 e. The van der Waals surface area contributed by atoms with Gasteiger partial charge in [-0.1, -0.05) is 31.5 Å². The van der Waals surface area contributed by atoms with Crippen molar-refractivity contribution in [2.24, 2.45) is 5.92 Å². The second-order valence-corrected chi connectivity index (χ2v) is 5.49. The first-order valence-corrected chi connectivity index (χ1v) is 7.17. The smallest absolute Gasteiger partial charge is 0.134 e. The Labute approximate surface area is 113 Å². The van der Waals surface area contributed by atoms with Gasteiger partial charge in [0.05, 0.1) is 12.4 Å². The fraction of sp³-hybridized carbons (Fsp3) is 0.500. The minimum atomic E-state index is -0.488. The van der Waals surface area contributed by atoms with E-state index in [1.807, 2.05) is 24.3 Å². The molecule has 3 rings (SSSR count). The summed E-state index contributed by atoms with van der Waals surface area (Å²) < 4.78 is 5.53. The molecule has 0 amide bonds. The van der Waals surface area contributed by atoms with Crippen LogP contribution in [0.3, 0.4) is 0 Å². The van der Waals surface area contributed by atoms with E-state index in [1.54, 1.807) is 6.26 Å². The van der Waals surface area contributed by atoms with Gasteiger partial charge in [0.25, 0.3) is 0 Å². The lowest BCUT2D eigenvalue weighted by Crippen LogP contribution is -2.42. The van der Waals surface area contributed by atoms with Crippen LogP contribution in [0.15, 0.2) is 34.9 Å². The number of furan rings is 1. The van der Waals surface area contributed by atoms with Gasteiger partial charge in [0, 0.05) is 17.0 Å². The third-order valence-electron chi connectivity index (χ3n) is 4.33. The summed E-state index contributed by atoms with van der Waals surface area (Å²) in [6.07, 6.45) is 4.66. The molecule has 0 bridgehead atoms. The Morgan fingerprint density at radius 2 is 2.26 bits per heavy atom. The number of para-hydroxylation sites is 1. The van der Waals surface area contributed by atoms with Gasteiger partial charge in [-0.05, 0) is 31.4 Å². The molecule has 3 atom stereocenters. The van der Waals surface area contributed by atoms with Crippen molar-refractivity contribution in [2.45, 2.75) is 38.3 Å². The van der Waals surface area contributed by atoms with Gasteiger partial charge in [-0.25, -0.2) is 0 Å². The van der Waals surface area contributed by atoms with Gasteiger partial charge < -0.3 is 14.8 Å². The van der Waals surface area contributed by atoms with Gasteiger partial charge in [-0.3, -0.25) is 0 Å². The lowest BCUT2D eigenvalue weighted by molar-refractivity contribution is 0.0983. The normalized spacial score (nSPS) is 25.6. The zero-order chi connectivity index (χ0) is 13.2. The van der Waals surface area contributed by atoms with E-state index < -0.39 is 6.10 Å². The summed E-state index contributed by atoms with van der Waals surface area (Å²) in [4.78, 5) is 0. The van der Waals surface area contributed by atoms with E-state index in [0.717, 1.165) is 35.4 Å². The molecular weight excluding hydrogens is 238 g/mol. The predicted molar refractivity (Wildman–Crippen MR) is 76.0 cm³/mol. The highest BCUT2D eigenvalue weighted by molar-refractivity contribution is 5.81. The molecule has 102 valence electrons. The number of piperidine rings is 1. The Hall–Kier alpha value is -1.32. The monoisotopic (exact) mass is 259 g/mol. The third-order valence-corrected chi connectivity index (χ3v) is 4.33. The van der Waals surface area contributed by atoms with Crippen LogP contribution in [-0.2, 0) is 0 Å². The van der Waals surface area contributed by atoms with Crippen molar-refractivity contribution in [1.29, 1.82) is 0 Å². The highest BCUT2D eigenvalue weighted by Gasteiger charge is 2.28. The molecule has 2 heterocycles. The molecule has 1 fully saturated rings. The molecule has 1 aromatic heterocycles. The minimum Gasteiger partial charge on any atom is -0.464 e. The Bertz CT molecular complexity index is 548. The van der Waals surface area contributed by atoms with Crippen LogP contribution in [0.2, 0.25) is 0 Å². The van der Waals surface area contributed by atoms with Crippen molar-refractivity contribution in [2.75, 3.05) is 6.54 Å². The molecular formula is C16H21NO2. The lowest BCUT2D eigenvalue weighted by Gasteiger charge is -2.32. The molecule has 1 aliphatic rings. The Morgan fingerprint density at radius 1 is 1.42 bits per heavy atom. The van der Waals surface area contributed by atoms with Gasteiger partial charge in [-0.2, -0.15) is 0 Å². The standard InChI is InChI=1S/C16H21NO2/c1-2-11-7-8-17-14(9-11)16(18)13-10-19-15-6-4-3-5-12(13)15/h3-6,10-11,14,16-18H,2,7-9H2,1H3. The number of nitrogens with one attached hydrogen (secondary N) is 1.